The van der Waals surface area contributed by atoms with E-state index in [9.17, 15) is 19.2 Å². The van der Waals surface area contributed by atoms with E-state index in [1.165, 1.54) is 19.0 Å². The molecule has 9 heterocycles. The average Bonchev–Trinajstić information content (AvgIpc) is 1.62. The van der Waals surface area contributed by atoms with Crippen LogP contribution in [0.1, 0.15) is 96.7 Å². The molecule has 33 heteroatoms. The number of likely N-dealkylation sites (N-methyl/N-ethyl adjacent to an activating group) is 3. The minimum Gasteiger partial charge on any atom is -0.383 e. The fraction of sp³-hybridized carbons (Fsp3) is 0.281. The van der Waals surface area contributed by atoms with Crippen molar-refractivity contribution in [1.82, 2.24) is 84.5 Å². The molecule has 33 nitrogen and oxygen atoms in total. The molecular weight excluding hydrogens is 1550 g/mol. The molecular formula is C89H100N26O7. The highest BCUT2D eigenvalue weighted by molar-refractivity contribution is 6.02. The number of hydrogen-bond acceptors (Lipinski definition) is 26. The summed E-state index contributed by atoms with van der Waals surface area (Å²) in [5.74, 6) is 2.57. The van der Waals surface area contributed by atoms with E-state index in [2.05, 4.69) is 110 Å². The van der Waals surface area contributed by atoms with E-state index in [4.69, 9.17) is 46.1 Å². The lowest BCUT2D eigenvalue weighted by Crippen LogP contribution is -2.28. The Morgan fingerprint density at radius 1 is 0.361 bits per heavy atom. The largest absolute Gasteiger partial charge is 0.383 e. The molecule has 0 saturated carbocycles. The number of hydrogen-bond donors (Lipinski definition) is 7. The van der Waals surface area contributed by atoms with Crippen LogP contribution >= 0.6 is 0 Å². The van der Waals surface area contributed by atoms with Crippen molar-refractivity contribution in [3.63, 3.8) is 0 Å². The molecule has 122 heavy (non-hydrogen) atoms. The van der Waals surface area contributed by atoms with Crippen molar-refractivity contribution in [3.8, 4) is 50.8 Å². The summed E-state index contributed by atoms with van der Waals surface area (Å²) >= 11 is 0. The summed E-state index contributed by atoms with van der Waals surface area (Å²) in [7, 11) is 13.9. The molecule has 15 aromatic rings. The molecule has 10 N–H and O–H groups in total. The maximum Gasteiger partial charge on any atom is 0.238 e. The summed E-state index contributed by atoms with van der Waals surface area (Å²) in [4.78, 5) is 84.2. The van der Waals surface area contributed by atoms with Gasteiger partial charge < -0.3 is 71.6 Å². The SMILES string of the molecule is CN(C)CC(=O)Nc1ccc(-c2nn(-c3ccc(NC(=O)Cc4cc(C(C)(C)C)on4)cc3)c3ncnc(N)c23)cc1.CN(C)CCN(C)c1ccc(-c2nn(-c3ccc(NC(=O)Cc4cc(C(C)(C)C)on4)cc3)c3ncnc(N)c23)cc1.CN(C)c1ccc(-c2nn(-c3ccc(NC(=O)Cc4cc(C(C)(C)C)on4)cc3)c3ncnc(N)c23)cc1. The number of nitrogens with zero attached hydrogens (tertiary/aromatic N) is 19. The highest BCUT2D eigenvalue weighted by atomic mass is 16.5. The van der Waals surface area contributed by atoms with Crippen molar-refractivity contribution < 1.29 is 32.7 Å². The summed E-state index contributed by atoms with van der Waals surface area (Å²) in [6.07, 6.45) is 4.60. The molecule has 0 aliphatic heterocycles. The number of fused-ring (bicyclic) bond motifs is 3. The van der Waals surface area contributed by atoms with Gasteiger partial charge in [-0.2, -0.15) is 15.3 Å². The van der Waals surface area contributed by atoms with Crippen LogP contribution in [0.15, 0.2) is 196 Å². The molecule has 0 radical (unpaired) electrons. The Morgan fingerprint density at radius 3 is 0.926 bits per heavy atom. The molecule has 4 amide bonds. The van der Waals surface area contributed by atoms with Gasteiger partial charge in [-0.15, -0.1) is 0 Å². The van der Waals surface area contributed by atoms with E-state index in [1.54, 1.807) is 31.1 Å². The van der Waals surface area contributed by atoms with Crippen molar-refractivity contribution >= 4 is 108 Å². The van der Waals surface area contributed by atoms with E-state index in [1.807, 2.05) is 235 Å². The van der Waals surface area contributed by atoms with Crippen LogP contribution in [0.25, 0.3) is 83.9 Å². The Bertz CT molecular complexity index is 6200. The molecule has 0 bridgehead atoms. The highest BCUT2D eigenvalue weighted by Gasteiger charge is 2.27. The van der Waals surface area contributed by atoms with Crippen LogP contribution in [0.3, 0.4) is 0 Å². The Labute approximate surface area is 705 Å². The first kappa shape index (κ1) is 85.3. The zero-order chi connectivity index (χ0) is 87.1. The molecule has 15 rings (SSSR count). The molecule has 0 atom stereocenters. The first-order chi connectivity index (χ1) is 58.1. The van der Waals surface area contributed by atoms with E-state index in [0.29, 0.717) is 107 Å². The van der Waals surface area contributed by atoms with Gasteiger partial charge in [-0.3, -0.25) is 19.2 Å². The number of carbonyl (C=O) groups excluding carboxylic acids is 4. The van der Waals surface area contributed by atoms with Crippen LogP contribution in [0.5, 0.6) is 0 Å². The van der Waals surface area contributed by atoms with Crippen LogP contribution in [-0.2, 0) is 54.7 Å². The van der Waals surface area contributed by atoms with Crippen LogP contribution in [0.2, 0.25) is 0 Å². The lowest BCUT2D eigenvalue weighted by Gasteiger charge is -2.21. The summed E-state index contributed by atoms with van der Waals surface area (Å²) in [6, 6.07) is 51.2. The van der Waals surface area contributed by atoms with Crippen LogP contribution < -0.4 is 48.3 Å². The topological polar surface area (TPSA) is 416 Å². The fourth-order valence-electron chi connectivity index (χ4n) is 13.0. The van der Waals surface area contributed by atoms with E-state index >= 15 is 0 Å². The Balaban J connectivity index is 0.000000158. The average molecular weight is 1650 g/mol. The van der Waals surface area contributed by atoms with Gasteiger partial charge in [0.2, 0.25) is 23.6 Å². The minimum absolute atomic E-state index is 0.100. The third-order valence-corrected chi connectivity index (χ3v) is 19.6. The standard InChI is InChI=1S/C31H37N9O2.C30H33N9O3.C28H30N8O2/c1-31(2,3)25-17-22(37-42-25)18-26(41)35-21-9-13-24(14-10-21)40-30-27(29(32)33-19-34-30)28(36-40)20-7-11-23(12-8-20)39(6)16-15-38(4)5;1-30(2,3)23-14-21(37-42-23)15-24(40)34-20-10-12-22(13-11-20)39-29-26(28(31)32-17-33-29)27(36-39)18-6-8-19(9-7-18)35-25(41)16-38(4)5;1-28(2,3)22-14-19(34-38-22)15-23(37)32-18-8-12-21(13-9-18)36-27-24(26(29)30-16-31-27)25(33-36)17-6-10-20(11-7-17)35(4)5/h7-14,17,19H,15-16,18H2,1-6H3,(H,35,41)(H2,32,33,34);6-14,17H,15-16H2,1-5H3,(H,34,40)(H,35,41)(H2,31,32,33);6-14,16H,15H2,1-5H3,(H,32,37)(H2,29,30,31). The molecule has 0 aliphatic rings. The van der Waals surface area contributed by atoms with Gasteiger partial charge in [0.1, 0.15) is 70.8 Å². The minimum atomic E-state index is -0.204. The van der Waals surface area contributed by atoms with Crippen molar-refractivity contribution in [3.05, 3.63) is 217 Å². The first-order valence-corrected chi connectivity index (χ1v) is 39.4. The van der Waals surface area contributed by atoms with Crippen molar-refractivity contribution in [2.24, 2.45) is 0 Å². The third-order valence-electron chi connectivity index (χ3n) is 19.6. The molecule has 0 spiro atoms. The second kappa shape index (κ2) is 35.9. The molecule has 9 aromatic heterocycles. The number of nitrogens with two attached hydrogens (primary N) is 3. The molecule has 628 valence electrons. The van der Waals surface area contributed by atoms with Crippen LogP contribution in [-0.4, -0.2) is 177 Å². The lowest BCUT2D eigenvalue weighted by atomic mass is 9.93. The molecule has 0 aliphatic carbocycles. The molecule has 0 unspecified atom stereocenters. The Kier molecular flexibility index (Phi) is 25.1. The molecule has 0 fully saturated rings. The van der Waals surface area contributed by atoms with Gasteiger partial charge in [-0.05, 0) is 137 Å². The quantitative estimate of drug-likeness (QED) is 0.0313. The zero-order valence-corrected chi connectivity index (χ0v) is 71.1. The monoisotopic (exact) mass is 1640 g/mol. The number of carbonyl (C=O) groups is 4. The predicted molar refractivity (Wildman–Crippen MR) is 475 cm³/mol. The summed E-state index contributed by atoms with van der Waals surface area (Å²) in [5, 5.41) is 40.2. The number of benzene rings is 6. The summed E-state index contributed by atoms with van der Waals surface area (Å²) < 4.78 is 21.3. The normalized spacial score (nSPS) is 11.7. The van der Waals surface area contributed by atoms with Gasteiger partial charge in [0.05, 0.1) is 76.1 Å². The van der Waals surface area contributed by atoms with E-state index < -0.39 is 0 Å². The number of aromatic nitrogens is 15. The third kappa shape index (κ3) is 20.4. The summed E-state index contributed by atoms with van der Waals surface area (Å²) in [5.41, 5.74) is 33.5. The van der Waals surface area contributed by atoms with Gasteiger partial charge >= 0.3 is 0 Å². The van der Waals surface area contributed by atoms with Gasteiger partial charge in [0.15, 0.2) is 16.9 Å². The first-order valence-electron chi connectivity index (χ1n) is 39.4. The second-order valence-corrected chi connectivity index (χ2v) is 33.3. The molecule has 6 aromatic carbocycles. The fourth-order valence-corrected chi connectivity index (χ4v) is 13.0. The van der Waals surface area contributed by atoms with Gasteiger partial charge in [-0.25, -0.2) is 43.9 Å². The van der Waals surface area contributed by atoms with Gasteiger partial charge in [0, 0.05) is 119 Å². The highest BCUT2D eigenvalue weighted by Crippen LogP contribution is 2.38. The van der Waals surface area contributed by atoms with Gasteiger partial charge in [0.25, 0.3) is 0 Å². The van der Waals surface area contributed by atoms with Crippen LogP contribution in [0.4, 0.5) is 51.6 Å². The van der Waals surface area contributed by atoms with Gasteiger partial charge in [-0.1, -0.05) is 114 Å². The second-order valence-electron chi connectivity index (χ2n) is 33.3. The van der Waals surface area contributed by atoms with Crippen LogP contribution in [0, 0.1) is 0 Å². The number of rotatable bonds is 23. The smallest absolute Gasteiger partial charge is 0.238 e. The Morgan fingerprint density at radius 2 is 0.648 bits per heavy atom. The maximum atomic E-state index is 12.7. The molecule has 0 saturated heterocycles. The predicted octanol–water partition coefficient (Wildman–Crippen LogP) is 13.2. The number of anilines is 9. The van der Waals surface area contributed by atoms with E-state index in [0.717, 1.165) is 75.5 Å². The van der Waals surface area contributed by atoms with E-state index in [-0.39, 0.29) is 65.7 Å². The number of amides is 4. The number of nitrogens with one attached hydrogen (secondary N) is 4. The lowest BCUT2D eigenvalue weighted by molar-refractivity contribution is -0.117. The van der Waals surface area contributed by atoms with Crippen molar-refractivity contribution in [2.75, 3.05) is 117 Å². The number of nitrogen functional groups attached to an aromatic ring is 3. The maximum absolute atomic E-state index is 12.7. The van der Waals surface area contributed by atoms with Crippen molar-refractivity contribution in [1.29, 1.82) is 0 Å². The zero-order valence-electron chi connectivity index (χ0n) is 71.1. The Hall–Kier alpha value is -14.6. The summed E-state index contributed by atoms with van der Waals surface area (Å²) in [6.45, 7) is 20.4. The van der Waals surface area contributed by atoms with Crippen molar-refractivity contribution in [2.45, 2.75) is 97.8 Å².